The van der Waals surface area contributed by atoms with Crippen molar-refractivity contribution in [3.8, 4) is 22.6 Å². The summed E-state index contributed by atoms with van der Waals surface area (Å²) in [5.74, 6) is 1.22. The monoisotopic (exact) mass is 641 g/mol. The number of nitrogens with zero attached hydrogens (tertiary/aromatic N) is 8. The van der Waals surface area contributed by atoms with Gasteiger partial charge in [-0.2, -0.15) is 23.1 Å². The van der Waals surface area contributed by atoms with Crippen LogP contribution in [0.1, 0.15) is 45.1 Å². The van der Waals surface area contributed by atoms with E-state index in [1.807, 2.05) is 6.07 Å². The van der Waals surface area contributed by atoms with Crippen molar-refractivity contribution in [2.75, 3.05) is 37.8 Å². The fourth-order valence-electron chi connectivity index (χ4n) is 5.37. The van der Waals surface area contributed by atoms with Gasteiger partial charge in [0.1, 0.15) is 11.6 Å². The Kier molecular flexibility index (Phi) is 9.05. The van der Waals surface area contributed by atoms with E-state index in [9.17, 15) is 17.2 Å². The molecule has 0 aliphatic heterocycles. The summed E-state index contributed by atoms with van der Waals surface area (Å²) in [4.78, 5) is 15.5. The van der Waals surface area contributed by atoms with Crippen molar-refractivity contribution < 1.29 is 17.2 Å². The number of likely N-dealkylation sites (N-methyl/N-ethyl adjacent to an activating group) is 1. The number of halogens is 2. The Bertz CT molecular complexity index is 1710. The van der Waals surface area contributed by atoms with Crippen molar-refractivity contribution >= 4 is 27.3 Å². The van der Waals surface area contributed by atoms with E-state index in [0.29, 0.717) is 57.8 Å². The number of hydrogen-bond donors (Lipinski definition) is 3. The molecule has 45 heavy (non-hydrogen) atoms. The van der Waals surface area contributed by atoms with Gasteiger partial charge in [0.25, 0.3) is 10.0 Å². The zero-order chi connectivity index (χ0) is 31.6. The molecular formula is C29H37F2N11O2S. The first-order valence-corrected chi connectivity index (χ1v) is 16.5. The largest absolute Gasteiger partial charge is 0.382 e. The summed E-state index contributed by atoms with van der Waals surface area (Å²) in [7, 11) is 0.617. The molecule has 13 nitrogen and oxygen atoms in total. The van der Waals surface area contributed by atoms with Gasteiger partial charge in [0.05, 0.1) is 28.9 Å². The summed E-state index contributed by atoms with van der Waals surface area (Å²) < 4.78 is 53.3. The lowest BCUT2D eigenvalue weighted by Gasteiger charge is -2.31. The summed E-state index contributed by atoms with van der Waals surface area (Å²) in [6.07, 6.45) is 12.5. The van der Waals surface area contributed by atoms with Crippen molar-refractivity contribution in [3.63, 3.8) is 0 Å². The van der Waals surface area contributed by atoms with E-state index < -0.39 is 16.6 Å². The summed E-state index contributed by atoms with van der Waals surface area (Å²) in [6, 6.07) is 5.70. The number of anilines is 3. The maximum atomic E-state index is 13.3. The van der Waals surface area contributed by atoms with Gasteiger partial charge in [-0.1, -0.05) is 0 Å². The lowest BCUT2D eigenvalue weighted by Crippen LogP contribution is -2.39. The molecule has 4 aromatic rings. The van der Waals surface area contributed by atoms with Crippen molar-refractivity contribution in [3.05, 3.63) is 49.2 Å². The normalized spacial score (nSPS) is 18.9. The minimum absolute atomic E-state index is 0.192. The van der Waals surface area contributed by atoms with Gasteiger partial charge in [-0.25, -0.2) is 28.1 Å². The molecule has 2 fully saturated rings. The van der Waals surface area contributed by atoms with Crippen LogP contribution >= 0.6 is 0 Å². The van der Waals surface area contributed by atoms with Crippen LogP contribution in [0.5, 0.6) is 0 Å². The second-order valence-corrected chi connectivity index (χ2v) is 13.8. The maximum Gasteiger partial charge on any atom is 0.333 e. The standard InChI is InChI=1S/C29H37F2N11O2S/c1-40(2)14-12-32-20-3-5-21(6-4-20)36-25-15-27(34-17-23(25)24-10-13-41(39-24)29(30)31)37-26-9-11-33-28(38-26)19-16-35-42(18-19)45(43,44)22-7-8-22/h9-11,13,15-18,20-22,29,32H,3-8,12,14H2,1-2H3,(H2,33,34,36,37,38). The zero-order valence-electron chi connectivity index (χ0n) is 25.1. The molecule has 2 saturated carbocycles. The number of rotatable bonds is 13. The SMILES string of the molecule is CN(C)CCNC1CCC(Nc2cc(Nc3ccnc(-c4cnn(S(=O)(=O)C5CC5)c4)n3)ncc2-c2ccn(C(F)F)n2)CC1. The molecule has 4 heterocycles. The molecule has 0 spiro atoms. The third-order valence-corrected chi connectivity index (χ3v) is 10.0. The highest BCUT2D eigenvalue weighted by atomic mass is 32.2. The third kappa shape index (κ3) is 7.45. The molecule has 2 aliphatic rings. The smallest absolute Gasteiger partial charge is 0.333 e. The second-order valence-electron chi connectivity index (χ2n) is 11.8. The van der Waals surface area contributed by atoms with Crippen LogP contribution in [0.3, 0.4) is 0 Å². The fraction of sp³-hybridized carbons (Fsp3) is 0.483. The van der Waals surface area contributed by atoms with Gasteiger partial charge in [-0.15, -0.1) is 0 Å². The molecule has 0 saturated heterocycles. The molecule has 6 rings (SSSR count). The van der Waals surface area contributed by atoms with Crippen LogP contribution in [-0.2, 0) is 10.0 Å². The highest BCUT2D eigenvalue weighted by molar-refractivity contribution is 7.90. The molecule has 240 valence electrons. The van der Waals surface area contributed by atoms with E-state index in [1.165, 1.54) is 18.6 Å². The predicted molar refractivity (Wildman–Crippen MR) is 167 cm³/mol. The molecule has 3 N–H and O–H groups in total. The molecule has 0 radical (unpaired) electrons. The van der Waals surface area contributed by atoms with Crippen LogP contribution in [0.2, 0.25) is 0 Å². The predicted octanol–water partition coefficient (Wildman–Crippen LogP) is 3.95. The summed E-state index contributed by atoms with van der Waals surface area (Å²) >= 11 is 0. The van der Waals surface area contributed by atoms with E-state index in [1.54, 1.807) is 24.5 Å². The summed E-state index contributed by atoms with van der Waals surface area (Å²) in [5.41, 5.74) is 2.18. The summed E-state index contributed by atoms with van der Waals surface area (Å²) in [5, 5.41) is 18.2. The van der Waals surface area contributed by atoms with Crippen LogP contribution in [0.15, 0.2) is 49.2 Å². The van der Waals surface area contributed by atoms with Crippen LogP contribution < -0.4 is 16.0 Å². The van der Waals surface area contributed by atoms with Crippen LogP contribution in [0, 0.1) is 0 Å². The number of nitrogens with one attached hydrogen (secondary N) is 3. The highest BCUT2D eigenvalue weighted by Gasteiger charge is 2.37. The topological polar surface area (TPSA) is 148 Å². The third-order valence-electron chi connectivity index (χ3n) is 8.00. The van der Waals surface area contributed by atoms with Crippen LogP contribution in [0.25, 0.3) is 22.6 Å². The quantitative estimate of drug-likeness (QED) is 0.195. The maximum absolute atomic E-state index is 13.3. The van der Waals surface area contributed by atoms with Crippen molar-refractivity contribution in [2.24, 2.45) is 0 Å². The van der Waals surface area contributed by atoms with Crippen LogP contribution in [-0.4, -0.2) is 91.8 Å². The zero-order valence-corrected chi connectivity index (χ0v) is 26.0. The Morgan fingerprint density at radius 2 is 1.80 bits per heavy atom. The first-order valence-electron chi connectivity index (χ1n) is 15.0. The van der Waals surface area contributed by atoms with Gasteiger partial charge in [-0.3, -0.25) is 0 Å². The molecule has 0 bridgehead atoms. The average Bonchev–Trinajstić information content (AvgIpc) is 3.55. The Morgan fingerprint density at radius 3 is 2.51 bits per heavy atom. The highest BCUT2D eigenvalue weighted by Crippen LogP contribution is 2.33. The minimum atomic E-state index is -3.51. The van der Waals surface area contributed by atoms with Gasteiger partial charge in [0.15, 0.2) is 5.82 Å². The first-order chi connectivity index (χ1) is 21.7. The lowest BCUT2D eigenvalue weighted by atomic mass is 9.90. The van der Waals surface area contributed by atoms with Crippen LogP contribution in [0.4, 0.5) is 26.1 Å². The summed E-state index contributed by atoms with van der Waals surface area (Å²) in [6.45, 7) is -0.815. The van der Waals surface area contributed by atoms with Gasteiger partial charge in [0.2, 0.25) is 0 Å². The lowest BCUT2D eigenvalue weighted by molar-refractivity contribution is 0.0568. The Morgan fingerprint density at radius 1 is 1.02 bits per heavy atom. The number of pyridine rings is 1. The van der Waals surface area contributed by atoms with Gasteiger partial charge >= 0.3 is 6.55 Å². The molecule has 0 atom stereocenters. The molecular weight excluding hydrogens is 604 g/mol. The Balaban J connectivity index is 1.19. The van der Waals surface area contributed by atoms with E-state index in [4.69, 9.17) is 0 Å². The Hall–Kier alpha value is -4.02. The molecule has 0 unspecified atom stereocenters. The number of alkyl halides is 2. The molecule has 16 heteroatoms. The first kappa shape index (κ1) is 31.0. The van der Waals surface area contributed by atoms with E-state index in [-0.39, 0.29) is 11.3 Å². The van der Waals surface area contributed by atoms with E-state index in [2.05, 4.69) is 60.1 Å². The molecule has 0 aromatic carbocycles. The number of aromatic nitrogens is 7. The average molecular weight is 642 g/mol. The van der Waals surface area contributed by atoms with Gasteiger partial charge < -0.3 is 20.9 Å². The molecule has 4 aromatic heterocycles. The van der Waals surface area contributed by atoms with E-state index >= 15 is 0 Å². The number of hydrogen-bond acceptors (Lipinski definition) is 11. The van der Waals surface area contributed by atoms with Gasteiger partial charge in [0, 0.05) is 61.1 Å². The van der Waals surface area contributed by atoms with Crippen molar-refractivity contribution in [1.29, 1.82) is 0 Å². The minimum Gasteiger partial charge on any atom is -0.382 e. The fourth-order valence-corrected chi connectivity index (χ4v) is 6.84. The van der Waals surface area contributed by atoms with Crippen molar-refractivity contribution in [2.45, 2.75) is 62.4 Å². The van der Waals surface area contributed by atoms with Gasteiger partial charge in [-0.05, 0) is 64.8 Å². The Labute approximate surface area is 260 Å². The molecule has 2 aliphatic carbocycles. The second kappa shape index (κ2) is 13.1. The van der Waals surface area contributed by atoms with Crippen molar-refractivity contribution in [1.82, 2.24) is 44.1 Å². The van der Waals surface area contributed by atoms with E-state index in [0.717, 1.165) is 48.5 Å². The molecule has 0 amide bonds.